The lowest BCUT2D eigenvalue weighted by molar-refractivity contribution is 0.313. The van der Waals surface area contributed by atoms with Crippen LogP contribution in [0.25, 0.3) is 16.8 Å². The van der Waals surface area contributed by atoms with Crippen LogP contribution in [0.2, 0.25) is 5.15 Å². The van der Waals surface area contributed by atoms with Crippen LogP contribution in [-0.2, 0) is 0 Å². The molecule has 2 saturated heterocycles. The van der Waals surface area contributed by atoms with E-state index in [1.165, 1.54) is 31.2 Å². The van der Waals surface area contributed by atoms with Crippen LogP contribution in [0.1, 0.15) is 24.8 Å². The molecule has 2 aliphatic heterocycles. The molecule has 0 saturated carbocycles. The largest absolute Gasteiger partial charge is 0.393 e. The van der Waals surface area contributed by atoms with E-state index < -0.39 is 0 Å². The van der Waals surface area contributed by atoms with Crippen molar-refractivity contribution >= 4 is 40.2 Å². The molecule has 2 aliphatic rings. The summed E-state index contributed by atoms with van der Waals surface area (Å²) in [5.74, 6) is 0.510. The molecule has 2 aromatic carbocycles. The summed E-state index contributed by atoms with van der Waals surface area (Å²) in [5, 5.41) is 3.68. The minimum Gasteiger partial charge on any atom is -0.393 e. The Morgan fingerprint density at radius 3 is 2.33 bits per heavy atom. The molecule has 36 heavy (non-hydrogen) atoms. The molecule has 0 aliphatic carbocycles. The number of nitrogens with two attached hydrogens (primary N) is 1. The van der Waals surface area contributed by atoms with Crippen LogP contribution in [0.3, 0.4) is 0 Å². The minimum atomic E-state index is 0.245. The molecule has 0 atom stereocenters. The number of piperidine rings is 1. The third-order valence-electron chi connectivity index (χ3n) is 7.22. The molecule has 3 heterocycles. The Morgan fingerprint density at radius 2 is 1.61 bits per heavy atom. The monoisotopic (exact) mass is 503 g/mol. The van der Waals surface area contributed by atoms with E-state index in [1.807, 2.05) is 0 Å². The Bertz CT molecular complexity index is 1210. The van der Waals surface area contributed by atoms with E-state index in [2.05, 4.69) is 86.1 Å². The molecule has 3 N–H and O–H groups in total. The summed E-state index contributed by atoms with van der Waals surface area (Å²) >= 11 is 6.17. The van der Waals surface area contributed by atoms with Crippen LogP contribution >= 0.6 is 11.6 Å². The number of halogens is 1. The van der Waals surface area contributed by atoms with Crippen molar-refractivity contribution in [2.24, 2.45) is 0 Å². The molecule has 3 aromatic rings. The fourth-order valence-electron chi connectivity index (χ4n) is 4.94. The van der Waals surface area contributed by atoms with Crippen LogP contribution in [0.15, 0.2) is 55.4 Å². The molecule has 7 nitrogen and oxygen atoms in total. The number of aromatic nitrogens is 2. The first-order valence-corrected chi connectivity index (χ1v) is 13.0. The van der Waals surface area contributed by atoms with Crippen molar-refractivity contribution in [2.75, 3.05) is 62.3 Å². The second-order valence-electron chi connectivity index (χ2n) is 9.65. The maximum atomic E-state index is 6.18. The van der Waals surface area contributed by atoms with Gasteiger partial charge in [0.1, 0.15) is 12.0 Å². The summed E-state index contributed by atoms with van der Waals surface area (Å²) in [5.41, 5.74) is 13.1. The number of rotatable bonds is 6. The Morgan fingerprint density at radius 1 is 0.917 bits per heavy atom. The zero-order valence-corrected chi connectivity index (χ0v) is 21.6. The van der Waals surface area contributed by atoms with Gasteiger partial charge in [0.2, 0.25) is 0 Å². The summed E-state index contributed by atoms with van der Waals surface area (Å²) in [6.45, 7) is 10.5. The summed E-state index contributed by atoms with van der Waals surface area (Å²) in [6, 6.07) is 15.2. The molecule has 0 radical (unpaired) electrons. The predicted octanol–water partition coefficient (Wildman–Crippen LogP) is 5.33. The van der Waals surface area contributed by atoms with Crippen LogP contribution in [-0.4, -0.2) is 66.1 Å². The van der Waals surface area contributed by atoms with Gasteiger partial charge in [0.15, 0.2) is 11.0 Å². The van der Waals surface area contributed by atoms with Gasteiger partial charge >= 0.3 is 0 Å². The number of likely N-dealkylation sites (tertiary alicyclic amines) is 1. The molecule has 0 amide bonds. The molecule has 188 valence electrons. The Balaban J connectivity index is 1.44. The van der Waals surface area contributed by atoms with E-state index >= 15 is 0 Å². The van der Waals surface area contributed by atoms with Crippen molar-refractivity contribution in [3.05, 3.63) is 66.1 Å². The number of anilines is 4. The maximum Gasteiger partial charge on any atom is 0.158 e. The molecule has 0 bridgehead atoms. The average molecular weight is 504 g/mol. The number of nitrogen functional groups attached to an aromatic ring is 1. The highest BCUT2D eigenvalue weighted by atomic mass is 35.5. The summed E-state index contributed by atoms with van der Waals surface area (Å²) < 4.78 is 0. The zero-order chi connectivity index (χ0) is 25.1. The highest BCUT2D eigenvalue weighted by molar-refractivity contribution is 6.32. The summed E-state index contributed by atoms with van der Waals surface area (Å²) in [7, 11) is 2.16. The van der Waals surface area contributed by atoms with Gasteiger partial charge in [-0.1, -0.05) is 48.5 Å². The summed E-state index contributed by atoms with van der Waals surface area (Å²) in [4.78, 5) is 15.5. The third-order valence-corrected chi connectivity index (χ3v) is 7.52. The van der Waals surface area contributed by atoms with Gasteiger partial charge in [0.05, 0.1) is 11.4 Å². The number of nitrogens with zero attached hydrogens (tertiary/aromatic N) is 5. The third kappa shape index (κ3) is 5.27. The van der Waals surface area contributed by atoms with E-state index in [1.54, 1.807) is 0 Å². The number of hydrogen-bond acceptors (Lipinski definition) is 7. The Hall–Kier alpha value is -3.29. The van der Waals surface area contributed by atoms with Crippen molar-refractivity contribution in [1.82, 2.24) is 19.8 Å². The molecule has 2 fully saturated rings. The lowest BCUT2D eigenvalue weighted by Gasteiger charge is -2.35. The first-order chi connectivity index (χ1) is 17.5. The molecule has 1 aromatic heterocycles. The summed E-state index contributed by atoms with van der Waals surface area (Å²) in [6.07, 6.45) is 5.23. The molecule has 5 rings (SSSR count). The average Bonchev–Trinajstić information content (AvgIpc) is 2.92. The second-order valence-corrected chi connectivity index (χ2v) is 10.0. The first-order valence-electron chi connectivity index (χ1n) is 12.6. The van der Waals surface area contributed by atoms with Crippen molar-refractivity contribution in [2.45, 2.75) is 19.3 Å². The van der Waals surface area contributed by atoms with Gasteiger partial charge in [0, 0.05) is 45.0 Å². The molecule has 8 heteroatoms. The maximum absolute atomic E-state index is 6.18. The van der Waals surface area contributed by atoms with E-state index in [-0.39, 0.29) is 5.15 Å². The van der Waals surface area contributed by atoms with Gasteiger partial charge in [-0.2, -0.15) is 0 Å². The quantitative estimate of drug-likeness (QED) is 0.440. The lowest BCUT2D eigenvalue weighted by Crippen LogP contribution is -2.44. The van der Waals surface area contributed by atoms with Crippen molar-refractivity contribution in [1.29, 1.82) is 0 Å². The number of likely N-dealkylation sites (N-methyl/N-ethyl adjacent to an activating group) is 1. The smallest absolute Gasteiger partial charge is 0.158 e. The Labute approximate surface area is 218 Å². The lowest BCUT2D eigenvalue weighted by atomic mass is 10.0. The van der Waals surface area contributed by atoms with E-state index in [9.17, 15) is 0 Å². The normalized spacial score (nSPS) is 16.7. The van der Waals surface area contributed by atoms with E-state index in [0.717, 1.165) is 67.5 Å². The fraction of sp³-hybridized carbons (Fsp3) is 0.357. The number of nitrogens with one attached hydrogen (secondary N) is 1. The van der Waals surface area contributed by atoms with Gasteiger partial charge in [-0.15, -0.1) is 0 Å². The molecular weight excluding hydrogens is 470 g/mol. The molecule has 0 spiro atoms. The van der Waals surface area contributed by atoms with Gasteiger partial charge in [-0.25, -0.2) is 9.97 Å². The highest BCUT2D eigenvalue weighted by Crippen LogP contribution is 2.36. The predicted molar refractivity (Wildman–Crippen MR) is 151 cm³/mol. The van der Waals surface area contributed by atoms with Crippen LogP contribution < -0.4 is 16.0 Å². The fourth-order valence-corrected chi connectivity index (χ4v) is 5.07. The van der Waals surface area contributed by atoms with Crippen LogP contribution in [0.4, 0.5) is 22.9 Å². The molecule has 0 unspecified atom stereocenters. The van der Waals surface area contributed by atoms with Crippen LogP contribution in [0, 0.1) is 0 Å². The van der Waals surface area contributed by atoms with E-state index in [0.29, 0.717) is 11.5 Å². The van der Waals surface area contributed by atoms with Crippen LogP contribution in [0.5, 0.6) is 0 Å². The number of hydrogen-bond donors (Lipinski definition) is 2. The zero-order valence-electron chi connectivity index (χ0n) is 20.9. The van der Waals surface area contributed by atoms with Gasteiger partial charge in [-0.05, 0) is 55.1 Å². The Kier molecular flexibility index (Phi) is 7.30. The van der Waals surface area contributed by atoms with Gasteiger partial charge in [0.25, 0.3) is 0 Å². The number of piperazine rings is 1. The molecular formula is C28H34ClN7. The van der Waals surface area contributed by atoms with Gasteiger partial charge in [-0.3, -0.25) is 0 Å². The topological polar surface area (TPSA) is 73.5 Å². The second kappa shape index (κ2) is 10.8. The van der Waals surface area contributed by atoms with Crippen molar-refractivity contribution in [3.8, 4) is 11.1 Å². The van der Waals surface area contributed by atoms with Crippen molar-refractivity contribution < 1.29 is 0 Å². The SMILES string of the molecule is C=C(c1ccc(-c2ccc(N3CCN(C)CC3)c(Nc3ncnc(Cl)c3N)c2)cc1)N1CCCCC1. The highest BCUT2D eigenvalue weighted by Gasteiger charge is 2.19. The van der Waals surface area contributed by atoms with Gasteiger partial charge < -0.3 is 25.8 Å². The first kappa shape index (κ1) is 24.4. The standard InChI is InChI=1S/C28H34ClN7/c1-20(35-12-4-3-5-13-35)21-6-8-22(9-7-21)23-10-11-25(36-16-14-34(2)15-17-36)24(18-23)33-28-26(30)27(29)31-19-32-28/h6-11,18-19H,1,3-5,12-17,30H2,2H3,(H,31,32,33). The number of benzene rings is 2. The van der Waals surface area contributed by atoms with E-state index in [4.69, 9.17) is 17.3 Å². The minimum absolute atomic E-state index is 0.245. The van der Waals surface area contributed by atoms with Crippen molar-refractivity contribution in [3.63, 3.8) is 0 Å².